The first-order chi connectivity index (χ1) is 21.6. The maximum absolute atomic E-state index is 13.2. The summed E-state index contributed by atoms with van der Waals surface area (Å²) in [7, 11) is 0. The number of anilines is 1. The molecular weight excluding hydrogens is 601 g/mol. The van der Waals surface area contributed by atoms with Gasteiger partial charge in [-0.05, 0) is 70.5 Å². The van der Waals surface area contributed by atoms with Crippen molar-refractivity contribution in [1.82, 2.24) is 15.6 Å². The summed E-state index contributed by atoms with van der Waals surface area (Å²) in [6.07, 6.45) is -2.94. The van der Waals surface area contributed by atoms with E-state index < -0.39 is 29.6 Å². The Morgan fingerprint density at radius 2 is 1.60 bits per heavy atom. The van der Waals surface area contributed by atoms with E-state index in [2.05, 4.69) is 20.9 Å². The fourth-order valence-corrected chi connectivity index (χ4v) is 5.29. The monoisotopic (exact) mass is 628 g/mol. The molecule has 45 heavy (non-hydrogen) atoms. The number of hydrogen-bond acceptors (Lipinski definition) is 5. The van der Waals surface area contributed by atoms with Gasteiger partial charge in [-0.1, -0.05) is 60.7 Å². The first kappa shape index (κ1) is 31.1. The Kier molecular flexibility index (Phi) is 9.39. The van der Waals surface area contributed by atoms with Crippen molar-refractivity contribution in [3.05, 3.63) is 141 Å². The van der Waals surface area contributed by atoms with Crippen LogP contribution in [-0.4, -0.2) is 22.7 Å². The van der Waals surface area contributed by atoms with Gasteiger partial charge in [0.1, 0.15) is 11.9 Å². The largest absolute Gasteiger partial charge is 0.416 e. The molecule has 3 amide bonds. The van der Waals surface area contributed by atoms with Crippen LogP contribution >= 0.6 is 11.3 Å². The van der Waals surface area contributed by atoms with Gasteiger partial charge in [0.05, 0.1) is 11.1 Å². The molecule has 2 heterocycles. The topological polar surface area (TPSA) is 100 Å². The van der Waals surface area contributed by atoms with Crippen molar-refractivity contribution in [3.63, 3.8) is 0 Å². The smallest absolute Gasteiger partial charge is 0.350 e. The number of amides is 3. The molecule has 7 nitrogen and oxygen atoms in total. The van der Waals surface area contributed by atoms with E-state index in [1.54, 1.807) is 78.3 Å². The zero-order valence-electron chi connectivity index (χ0n) is 23.9. The Morgan fingerprint density at radius 3 is 2.27 bits per heavy atom. The van der Waals surface area contributed by atoms with Crippen LogP contribution in [0.4, 0.5) is 19.0 Å². The van der Waals surface area contributed by atoms with E-state index in [1.165, 1.54) is 29.7 Å². The number of pyridine rings is 1. The van der Waals surface area contributed by atoms with Gasteiger partial charge in [0, 0.05) is 23.7 Å². The van der Waals surface area contributed by atoms with Crippen LogP contribution in [-0.2, 0) is 17.5 Å². The fraction of sp³-hybridized carbons (Fsp3) is 0.118. The molecule has 1 atom stereocenters. The number of benzene rings is 3. The molecule has 0 aliphatic heterocycles. The number of thiophene rings is 1. The molecule has 3 N–H and O–H groups in total. The molecular formula is C34H27F3N4O3S. The van der Waals surface area contributed by atoms with Crippen LogP contribution in [0.3, 0.4) is 0 Å². The second kappa shape index (κ2) is 13.6. The minimum Gasteiger partial charge on any atom is -0.350 e. The zero-order chi connectivity index (χ0) is 32.0. The average Bonchev–Trinajstić information content (AvgIpc) is 3.59. The van der Waals surface area contributed by atoms with Crippen LogP contribution in [0.5, 0.6) is 0 Å². The highest BCUT2D eigenvalue weighted by Crippen LogP contribution is 2.32. The number of carbonyl (C=O) groups is 3. The Morgan fingerprint density at radius 1 is 0.889 bits per heavy atom. The van der Waals surface area contributed by atoms with Gasteiger partial charge >= 0.3 is 6.18 Å². The number of alkyl halides is 3. The van der Waals surface area contributed by atoms with Gasteiger partial charge in [0.15, 0.2) is 0 Å². The number of nitrogens with zero attached hydrogens (tertiary/aromatic N) is 1. The summed E-state index contributed by atoms with van der Waals surface area (Å²) in [5.74, 6) is -0.950. The third kappa shape index (κ3) is 7.63. The van der Waals surface area contributed by atoms with Crippen molar-refractivity contribution in [2.75, 3.05) is 5.32 Å². The van der Waals surface area contributed by atoms with Crippen LogP contribution in [0, 0.1) is 6.92 Å². The van der Waals surface area contributed by atoms with Crippen LogP contribution < -0.4 is 16.0 Å². The second-order valence-electron chi connectivity index (χ2n) is 10.1. The minimum atomic E-state index is -4.46. The van der Waals surface area contributed by atoms with E-state index in [1.807, 2.05) is 6.07 Å². The maximum Gasteiger partial charge on any atom is 0.416 e. The van der Waals surface area contributed by atoms with Gasteiger partial charge in [-0.2, -0.15) is 24.5 Å². The van der Waals surface area contributed by atoms with Gasteiger partial charge in [-0.3, -0.25) is 14.4 Å². The average molecular weight is 629 g/mol. The normalized spacial score (nSPS) is 11.8. The van der Waals surface area contributed by atoms with Gasteiger partial charge in [-0.25, -0.2) is 4.98 Å². The predicted molar refractivity (Wildman–Crippen MR) is 167 cm³/mol. The van der Waals surface area contributed by atoms with Crippen LogP contribution in [0.1, 0.15) is 49.0 Å². The number of halogens is 3. The highest BCUT2D eigenvalue weighted by atomic mass is 32.1. The van der Waals surface area contributed by atoms with Gasteiger partial charge < -0.3 is 16.0 Å². The Labute approximate surface area is 261 Å². The summed E-state index contributed by atoms with van der Waals surface area (Å²) in [5, 5.41) is 11.9. The summed E-state index contributed by atoms with van der Waals surface area (Å²) in [6.45, 7) is 1.87. The van der Waals surface area contributed by atoms with E-state index in [-0.39, 0.29) is 18.0 Å². The molecule has 5 rings (SSSR count). The highest BCUT2D eigenvalue weighted by molar-refractivity contribution is 7.08. The zero-order valence-corrected chi connectivity index (χ0v) is 24.7. The minimum absolute atomic E-state index is 0.120. The standard InChI is InChI=1S/C34H27F3N4O3S/c1-21-17-22(19-39-33(44)29(24-7-3-2-4-8-24)40-31(42)25-15-16-45-20-25)18-38-30(21)41-32(43)28-10-6-5-9-27(28)23-11-13-26(14-12-23)34(35,36)37/h2-18,20,29H,19H2,1H3,(H,39,44)(H,40,42)(H,38,41,43)/t29-/m0/s1. The van der Waals surface area contributed by atoms with Crippen molar-refractivity contribution in [3.8, 4) is 11.1 Å². The lowest BCUT2D eigenvalue weighted by Crippen LogP contribution is -2.40. The van der Waals surface area contributed by atoms with Crippen LogP contribution in [0.2, 0.25) is 0 Å². The van der Waals surface area contributed by atoms with Crippen molar-refractivity contribution < 1.29 is 27.6 Å². The Hall–Kier alpha value is -5.29. The summed E-state index contributed by atoms with van der Waals surface area (Å²) in [4.78, 5) is 43.6. The first-order valence-electron chi connectivity index (χ1n) is 13.8. The van der Waals surface area contributed by atoms with E-state index in [0.29, 0.717) is 39.2 Å². The molecule has 3 aromatic carbocycles. The molecule has 0 bridgehead atoms. The van der Waals surface area contributed by atoms with Crippen LogP contribution in [0.15, 0.2) is 108 Å². The van der Waals surface area contributed by atoms with Crippen molar-refractivity contribution in [2.24, 2.45) is 0 Å². The van der Waals surface area contributed by atoms with Gasteiger partial charge in [0.25, 0.3) is 11.8 Å². The summed E-state index contributed by atoms with van der Waals surface area (Å²) in [5.41, 5.74) is 2.82. The molecule has 0 unspecified atom stereocenters. The number of nitrogens with one attached hydrogen (secondary N) is 3. The second-order valence-corrected chi connectivity index (χ2v) is 10.9. The number of aromatic nitrogens is 1. The highest BCUT2D eigenvalue weighted by Gasteiger charge is 2.30. The molecule has 0 aliphatic rings. The molecule has 5 aromatic rings. The van der Waals surface area contributed by atoms with Crippen molar-refractivity contribution >= 4 is 34.9 Å². The SMILES string of the molecule is Cc1cc(CNC(=O)[C@@H](NC(=O)c2ccsc2)c2ccccc2)cnc1NC(=O)c1ccccc1-c1ccc(C(F)(F)F)cc1. The van der Waals surface area contributed by atoms with Crippen molar-refractivity contribution in [1.29, 1.82) is 0 Å². The first-order valence-corrected chi connectivity index (χ1v) is 14.7. The lowest BCUT2D eigenvalue weighted by atomic mass is 9.98. The molecule has 0 radical (unpaired) electrons. The molecule has 0 saturated heterocycles. The summed E-state index contributed by atoms with van der Waals surface area (Å²) in [6, 6.07) is 22.7. The predicted octanol–water partition coefficient (Wildman–Crippen LogP) is 7.18. The van der Waals surface area contributed by atoms with Crippen molar-refractivity contribution in [2.45, 2.75) is 25.7 Å². The molecule has 0 fully saturated rings. The van der Waals surface area contributed by atoms with E-state index in [4.69, 9.17) is 0 Å². The fourth-order valence-electron chi connectivity index (χ4n) is 4.65. The third-order valence-electron chi connectivity index (χ3n) is 6.98. The summed E-state index contributed by atoms with van der Waals surface area (Å²) < 4.78 is 39.1. The lowest BCUT2D eigenvalue weighted by molar-refractivity contribution is -0.137. The molecule has 11 heteroatoms. The molecule has 228 valence electrons. The number of carbonyl (C=O) groups excluding carboxylic acids is 3. The number of aryl methyl sites for hydroxylation is 1. The summed E-state index contributed by atoms with van der Waals surface area (Å²) >= 11 is 1.38. The third-order valence-corrected chi connectivity index (χ3v) is 7.67. The number of hydrogen-bond donors (Lipinski definition) is 3. The van der Waals surface area contributed by atoms with Crippen LogP contribution in [0.25, 0.3) is 11.1 Å². The Balaban J connectivity index is 1.26. The molecule has 0 saturated carbocycles. The lowest BCUT2D eigenvalue weighted by Gasteiger charge is -2.19. The van der Waals surface area contributed by atoms with Gasteiger partial charge in [-0.15, -0.1) is 0 Å². The Bertz CT molecular complexity index is 1810. The molecule has 0 aliphatic carbocycles. The number of rotatable bonds is 9. The maximum atomic E-state index is 13.2. The molecule has 2 aromatic heterocycles. The van der Waals surface area contributed by atoms with Gasteiger partial charge in [0.2, 0.25) is 5.91 Å². The molecule has 0 spiro atoms. The van der Waals surface area contributed by atoms with E-state index in [9.17, 15) is 27.6 Å². The van der Waals surface area contributed by atoms with E-state index in [0.717, 1.165) is 12.1 Å². The quantitative estimate of drug-likeness (QED) is 0.161. The van der Waals surface area contributed by atoms with E-state index >= 15 is 0 Å².